The SMILES string of the molecule is CCCCCCCCN1/C(=C/C2=C([O-])C(CC3=[N+](CCCCCCCC)c4ccccc4C3(C)C)C2=O)C(C)(C)c2ccccc21. The number of carbonyl (C=O) groups is 1. The van der Waals surface area contributed by atoms with Gasteiger partial charge in [0.05, 0.1) is 5.41 Å². The van der Waals surface area contributed by atoms with Crippen LogP contribution < -0.4 is 10.0 Å². The number of para-hydroxylation sites is 2. The molecule has 1 unspecified atom stereocenters. The second-order valence-electron chi connectivity index (χ2n) is 15.0. The molecule has 4 heteroatoms. The standard InChI is InChI=1S/C42H58N2O2/c1-7-9-11-13-15-21-27-43-35-25-19-17-23-33(35)41(3,4)37(43)29-31-39(45)32(40(31)46)30-38-42(5,6)34-24-18-20-26-36(34)44(38)28-22-16-14-12-10-8-2/h17-20,23-26,29,32H,7-16,21-22,27-28,30H2,1-6H3/b37-29+. The smallest absolute Gasteiger partial charge is 0.209 e. The summed E-state index contributed by atoms with van der Waals surface area (Å²) < 4.78 is 2.45. The fourth-order valence-electron chi connectivity index (χ4n) is 8.13. The van der Waals surface area contributed by atoms with E-state index in [2.05, 4.69) is 99.5 Å². The van der Waals surface area contributed by atoms with Crippen molar-refractivity contribution in [2.45, 2.75) is 136 Å². The molecule has 0 saturated heterocycles. The number of benzene rings is 2. The number of carbonyl (C=O) groups excluding carboxylic acids is 1. The van der Waals surface area contributed by atoms with Crippen molar-refractivity contribution in [3.8, 4) is 0 Å². The second-order valence-corrected chi connectivity index (χ2v) is 15.0. The molecule has 1 atom stereocenters. The van der Waals surface area contributed by atoms with Gasteiger partial charge in [0, 0.05) is 59.3 Å². The summed E-state index contributed by atoms with van der Waals surface area (Å²) in [5, 5.41) is 13.9. The lowest BCUT2D eigenvalue weighted by Gasteiger charge is -2.37. The number of rotatable bonds is 17. The van der Waals surface area contributed by atoms with E-state index in [1.165, 1.54) is 92.4 Å². The molecular formula is C42H58N2O2. The highest BCUT2D eigenvalue weighted by molar-refractivity contribution is 6.11. The summed E-state index contributed by atoms with van der Waals surface area (Å²) in [5.41, 5.74) is 7.26. The van der Waals surface area contributed by atoms with E-state index in [1.54, 1.807) is 0 Å². The molecule has 0 amide bonds. The van der Waals surface area contributed by atoms with Crippen molar-refractivity contribution in [2.24, 2.45) is 5.92 Å². The number of ketones is 1. The van der Waals surface area contributed by atoms with Crippen LogP contribution >= 0.6 is 0 Å². The summed E-state index contributed by atoms with van der Waals surface area (Å²) in [7, 11) is 0. The molecule has 2 aromatic rings. The van der Waals surface area contributed by atoms with E-state index in [0.29, 0.717) is 12.0 Å². The molecule has 0 saturated carbocycles. The van der Waals surface area contributed by atoms with Gasteiger partial charge in [0.15, 0.2) is 11.5 Å². The number of anilines is 1. The molecule has 46 heavy (non-hydrogen) atoms. The third-order valence-corrected chi connectivity index (χ3v) is 11.0. The molecule has 2 heterocycles. The van der Waals surface area contributed by atoms with Crippen LogP contribution in [-0.2, 0) is 15.6 Å². The maximum atomic E-state index is 13.9. The molecule has 3 aliphatic rings. The maximum Gasteiger partial charge on any atom is 0.209 e. The largest absolute Gasteiger partial charge is 0.874 e. The first-order chi connectivity index (χ1) is 22.1. The zero-order chi connectivity index (χ0) is 32.9. The van der Waals surface area contributed by atoms with Crippen LogP contribution in [0.15, 0.2) is 71.6 Å². The highest BCUT2D eigenvalue weighted by Crippen LogP contribution is 2.49. The van der Waals surface area contributed by atoms with Gasteiger partial charge in [-0.25, -0.2) is 0 Å². The van der Waals surface area contributed by atoms with Gasteiger partial charge in [-0.05, 0) is 44.4 Å². The van der Waals surface area contributed by atoms with Crippen molar-refractivity contribution >= 4 is 22.9 Å². The molecule has 0 N–H and O–H groups in total. The molecule has 4 nitrogen and oxygen atoms in total. The van der Waals surface area contributed by atoms with Crippen LogP contribution in [0.25, 0.3) is 0 Å². The summed E-state index contributed by atoms with van der Waals surface area (Å²) in [5.74, 6) is -0.550. The molecule has 2 aliphatic heterocycles. The van der Waals surface area contributed by atoms with Gasteiger partial charge in [0.25, 0.3) is 0 Å². The van der Waals surface area contributed by atoms with Crippen molar-refractivity contribution in [2.75, 3.05) is 18.0 Å². The van der Waals surface area contributed by atoms with Crippen molar-refractivity contribution in [3.63, 3.8) is 0 Å². The summed E-state index contributed by atoms with van der Waals surface area (Å²) in [6.45, 7) is 15.4. The minimum Gasteiger partial charge on any atom is -0.874 e. The fourth-order valence-corrected chi connectivity index (χ4v) is 8.13. The highest BCUT2D eigenvalue weighted by atomic mass is 16.3. The van der Waals surface area contributed by atoms with Crippen molar-refractivity contribution in [1.82, 2.24) is 0 Å². The lowest BCUT2D eigenvalue weighted by atomic mass is 9.72. The second kappa shape index (κ2) is 14.7. The molecule has 248 valence electrons. The normalized spacial score (nSPS) is 20.5. The predicted octanol–water partition coefficient (Wildman–Crippen LogP) is 9.67. The van der Waals surface area contributed by atoms with Crippen LogP contribution in [0, 0.1) is 5.92 Å². The first-order valence-electron chi connectivity index (χ1n) is 18.4. The van der Waals surface area contributed by atoms with Crippen LogP contribution in [0.1, 0.15) is 136 Å². The van der Waals surface area contributed by atoms with Gasteiger partial charge in [-0.15, -0.1) is 5.76 Å². The Labute approximate surface area is 279 Å². The maximum absolute atomic E-state index is 13.9. The summed E-state index contributed by atoms with van der Waals surface area (Å²) in [6, 6.07) is 17.3. The van der Waals surface area contributed by atoms with E-state index in [9.17, 15) is 9.90 Å². The zero-order valence-corrected chi connectivity index (χ0v) is 29.6. The number of nitrogens with zero attached hydrogens (tertiary/aromatic N) is 2. The Morgan fingerprint density at radius 3 is 2.02 bits per heavy atom. The Kier molecular flexibility index (Phi) is 11.0. The molecule has 5 rings (SSSR count). The van der Waals surface area contributed by atoms with Crippen LogP contribution in [0.4, 0.5) is 11.4 Å². The molecule has 0 bridgehead atoms. The number of hydrogen-bond donors (Lipinski definition) is 0. The quantitative estimate of drug-likeness (QED) is 0.130. The van der Waals surface area contributed by atoms with Gasteiger partial charge in [0.1, 0.15) is 6.54 Å². The molecule has 0 radical (unpaired) electrons. The number of hydrogen-bond acceptors (Lipinski definition) is 3. The minimum absolute atomic E-state index is 0.0162. The third kappa shape index (κ3) is 6.64. The number of fused-ring (bicyclic) bond motifs is 2. The van der Waals surface area contributed by atoms with E-state index in [0.717, 1.165) is 31.6 Å². The van der Waals surface area contributed by atoms with Crippen molar-refractivity contribution < 1.29 is 14.5 Å². The predicted molar refractivity (Wildman–Crippen MR) is 191 cm³/mol. The van der Waals surface area contributed by atoms with E-state index in [1.807, 2.05) is 6.08 Å². The molecule has 2 aromatic carbocycles. The monoisotopic (exact) mass is 622 g/mol. The average molecular weight is 623 g/mol. The Bertz CT molecular complexity index is 1490. The fraction of sp³-hybridized carbons (Fsp3) is 0.571. The van der Waals surface area contributed by atoms with E-state index < -0.39 is 5.92 Å². The first kappa shape index (κ1) is 34.2. The highest BCUT2D eigenvalue weighted by Gasteiger charge is 2.48. The Morgan fingerprint density at radius 1 is 0.761 bits per heavy atom. The van der Waals surface area contributed by atoms with Gasteiger partial charge in [-0.3, -0.25) is 4.79 Å². The molecule has 0 aromatic heterocycles. The average Bonchev–Trinajstić information content (AvgIpc) is 3.40. The topological polar surface area (TPSA) is 46.4 Å². The molecule has 0 fully saturated rings. The van der Waals surface area contributed by atoms with Crippen LogP contribution in [0.5, 0.6) is 0 Å². The van der Waals surface area contributed by atoms with Crippen LogP contribution in [-0.4, -0.2) is 29.2 Å². The molecular weight excluding hydrogens is 564 g/mol. The van der Waals surface area contributed by atoms with Gasteiger partial charge in [0.2, 0.25) is 5.69 Å². The van der Waals surface area contributed by atoms with Gasteiger partial charge >= 0.3 is 0 Å². The van der Waals surface area contributed by atoms with Gasteiger partial charge in [-0.2, -0.15) is 4.58 Å². The van der Waals surface area contributed by atoms with Crippen LogP contribution in [0.2, 0.25) is 0 Å². The van der Waals surface area contributed by atoms with Crippen LogP contribution in [0.3, 0.4) is 0 Å². The van der Waals surface area contributed by atoms with Crippen molar-refractivity contribution in [1.29, 1.82) is 0 Å². The summed E-state index contributed by atoms with van der Waals surface area (Å²) in [6.07, 6.45) is 17.3. The lowest BCUT2D eigenvalue weighted by Crippen LogP contribution is -2.42. The summed E-state index contributed by atoms with van der Waals surface area (Å²) >= 11 is 0. The van der Waals surface area contributed by atoms with Gasteiger partial charge < -0.3 is 10.0 Å². The van der Waals surface area contributed by atoms with Crippen molar-refractivity contribution in [3.05, 3.63) is 82.8 Å². The zero-order valence-electron chi connectivity index (χ0n) is 29.6. The van der Waals surface area contributed by atoms with E-state index in [-0.39, 0.29) is 22.4 Å². The molecule has 1 aliphatic carbocycles. The lowest BCUT2D eigenvalue weighted by molar-refractivity contribution is -0.441. The van der Waals surface area contributed by atoms with E-state index >= 15 is 0 Å². The molecule has 0 spiro atoms. The Morgan fingerprint density at radius 2 is 1.35 bits per heavy atom. The van der Waals surface area contributed by atoms with E-state index in [4.69, 9.17) is 0 Å². The minimum atomic E-state index is -0.582. The third-order valence-electron chi connectivity index (χ3n) is 11.0. The Hall–Kier alpha value is -3.14. The first-order valence-corrected chi connectivity index (χ1v) is 18.4. The number of allylic oxidation sites excluding steroid dienone is 4. The Balaban J connectivity index is 1.38. The summed E-state index contributed by atoms with van der Waals surface area (Å²) in [4.78, 5) is 16.3. The number of unbranched alkanes of at least 4 members (excludes halogenated alkanes) is 10. The van der Waals surface area contributed by atoms with Gasteiger partial charge in [-0.1, -0.05) is 122 Å². The number of Topliss-reactive ketones (excluding diaryl/α,β-unsaturated/α-hetero) is 1.